The third kappa shape index (κ3) is 11.1. The molecule has 0 heterocycles. The van der Waals surface area contributed by atoms with Crippen LogP contribution in [-0.4, -0.2) is 53.8 Å². The van der Waals surface area contributed by atoms with Crippen molar-refractivity contribution in [2.24, 2.45) is 0 Å². The minimum absolute atomic E-state index is 0.0353. The van der Waals surface area contributed by atoms with E-state index < -0.39 is 45.5 Å². The number of sulfonamides is 1. The summed E-state index contributed by atoms with van der Waals surface area (Å²) < 4.78 is 112. The molecule has 0 aliphatic heterocycles. The molecule has 11 nitrogen and oxygen atoms in total. The maximum atomic E-state index is 16.5. The molecule has 0 saturated heterocycles. The molecule has 6 aromatic carbocycles. The van der Waals surface area contributed by atoms with Crippen LogP contribution in [0.25, 0.3) is 0 Å². The summed E-state index contributed by atoms with van der Waals surface area (Å²) >= 11 is 0. The average Bonchev–Trinajstić information content (AvgIpc) is 3.30. The number of benzene rings is 6. The predicted molar refractivity (Wildman–Crippen MR) is 261 cm³/mol. The summed E-state index contributed by atoms with van der Waals surface area (Å²) in [6.45, 7) is 9.16. The summed E-state index contributed by atoms with van der Waals surface area (Å²) in [4.78, 5) is 15.1. The molecule has 68 heavy (non-hydrogen) atoms. The van der Waals surface area contributed by atoms with E-state index in [1.807, 2.05) is 30.3 Å². The Morgan fingerprint density at radius 1 is 0.559 bits per heavy atom. The molecule has 360 valence electrons. The van der Waals surface area contributed by atoms with Gasteiger partial charge in [-0.15, -0.1) is 0 Å². The molecule has 0 N–H and O–H groups in total. The van der Waals surface area contributed by atoms with Crippen molar-refractivity contribution < 1.29 is 54.6 Å². The Bertz CT molecular complexity index is 2770. The van der Waals surface area contributed by atoms with Gasteiger partial charge >= 0.3 is 13.3 Å². The first kappa shape index (κ1) is 51.3. The lowest BCUT2D eigenvalue weighted by Crippen LogP contribution is -2.40. The van der Waals surface area contributed by atoms with E-state index in [-0.39, 0.29) is 46.4 Å². The van der Waals surface area contributed by atoms with Gasteiger partial charge in [-0.3, -0.25) is 18.4 Å². The molecule has 0 aliphatic carbocycles. The van der Waals surface area contributed by atoms with Gasteiger partial charge in [0.15, 0.2) is 5.78 Å². The first-order valence-corrected chi connectivity index (χ1v) is 24.7. The minimum Gasteiger partial charge on any atom is -0.497 e. The molecular formula is C53H58F2NO10PS. The van der Waals surface area contributed by atoms with Crippen LogP contribution in [0.1, 0.15) is 74.2 Å². The molecule has 0 amide bonds. The van der Waals surface area contributed by atoms with Gasteiger partial charge in [0.25, 0.3) is 10.0 Å². The second-order valence-electron chi connectivity index (χ2n) is 18.1. The Hall–Kier alpha value is -6.05. The first-order valence-electron chi connectivity index (χ1n) is 21.7. The van der Waals surface area contributed by atoms with E-state index in [2.05, 4.69) is 0 Å². The Labute approximate surface area is 398 Å². The smallest absolute Gasteiger partial charge is 0.405 e. The number of carbonyl (C=O) groups is 1. The van der Waals surface area contributed by atoms with Crippen LogP contribution in [0.5, 0.6) is 23.0 Å². The number of carbonyl (C=O) groups excluding carboxylic acids is 1. The van der Waals surface area contributed by atoms with Crippen molar-refractivity contribution >= 4 is 34.8 Å². The van der Waals surface area contributed by atoms with Crippen LogP contribution in [0, 0.1) is 0 Å². The van der Waals surface area contributed by atoms with E-state index in [4.69, 9.17) is 28.0 Å². The van der Waals surface area contributed by atoms with E-state index >= 15 is 22.0 Å². The topological polar surface area (TPSA) is 127 Å². The molecule has 1 atom stereocenters. The molecule has 0 bridgehead atoms. The molecule has 0 saturated carbocycles. The average molecular weight is 970 g/mol. The van der Waals surface area contributed by atoms with Crippen molar-refractivity contribution in [3.05, 3.63) is 173 Å². The quantitative estimate of drug-likeness (QED) is 0.0572. The van der Waals surface area contributed by atoms with Crippen molar-refractivity contribution in [1.82, 2.24) is 0 Å². The Morgan fingerprint density at radius 2 is 0.985 bits per heavy atom. The Kier molecular flexibility index (Phi) is 15.3. The van der Waals surface area contributed by atoms with Crippen LogP contribution in [0.3, 0.4) is 0 Å². The molecule has 0 spiro atoms. The summed E-state index contributed by atoms with van der Waals surface area (Å²) in [6.07, 6.45) is 0.104. The monoisotopic (exact) mass is 969 g/mol. The van der Waals surface area contributed by atoms with Crippen molar-refractivity contribution in [2.45, 2.75) is 81.6 Å². The lowest BCUT2D eigenvalue weighted by Gasteiger charge is -2.36. The zero-order valence-electron chi connectivity index (χ0n) is 39.9. The number of ether oxygens (including phenoxy) is 4. The van der Waals surface area contributed by atoms with Crippen LogP contribution in [-0.2, 0) is 47.6 Å². The normalized spacial score (nSPS) is 13.3. The van der Waals surface area contributed by atoms with Crippen LogP contribution in [0.2, 0.25) is 0 Å². The van der Waals surface area contributed by atoms with Crippen molar-refractivity contribution in [1.29, 1.82) is 0 Å². The van der Waals surface area contributed by atoms with Crippen molar-refractivity contribution in [3.8, 4) is 23.0 Å². The lowest BCUT2D eigenvalue weighted by molar-refractivity contribution is -0.0213. The molecule has 1 unspecified atom stereocenters. The van der Waals surface area contributed by atoms with Crippen LogP contribution in [0.4, 0.5) is 20.2 Å². The zero-order valence-corrected chi connectivity index (χ0v) is 41.6. The van der Waals surface area contributed by atoms with Gasteiger partial charge in [0.2, 0.25) is 0 Å². The van der Waals surface area contributed by atoms with Crippen LogP contribution >= 0.6 is 7.60 Å². The number of rotatable bonds is 19. The summed E-state index contributed by atoms with van der Waals surface area (Å²) in [7, 11) is -3.75. The third-order valence-corrected chi connectivity index (χ3v) is 15.2. The van der Waals surface area contributed by atoms with Gasteiger partial charge in [-0.2, -0.15) is 8.78 Å². The van der Waals surface area contributed by atoms with Gasteiger partial charge < -0.3 is 18.9 Å². The van der Waals surface area contributed by atoms with E-state index in [0.29, 0.717) is 33.8 Å². The van der Waals surface area contributed by atoms with Gasteiger partial charge in [-0.25, -0.2) is 12.7 Å². The number of Topliss-reactive ketones (excluding diaryl/α,β-unsaturated/α-hetero) is 1. The number of ketones is 1. The summed E-state index contributed by atoms with van der Waals surface area (Å²) in [5.74, 6) is 1.05. The maximum Gasteiger partial charge on any atom is 0.405 e. The Balaban J connectivity index is 1.46. The fourth-order valence-electron chi connectivity index (χ4n) is 7.89. The number of alkyl halides is 2. The SMILES string of the molecule is COc1ccc(N(c2ccc(OC)cc2OC)S(=O)(=O)c2ccc(CC(Cc3ccc(C(F)(F)P(=O)(OC(C)(C)C)OC(C)(C)C)cc3)(C(=O)c3ccccc3)c3ccccc3)cc2)c(OC)c1. The van der Waals surface area contributed by atoms with Crippen LogP contribution in [0.15, 0.2) is 150 Å². The van der Waals surface area contributed by atoms with Gasteiger partial charge in [-0.05, 0) is 107 Å². The number of nitrogens with zero attached hydrogens (tertiary/aromatic N) is 1. The zero-order chi connectivity index (χ0) is 49.7. The molecule has 0 aliphatic rings. The van der Waals surface area contributed by atoms with Gasteiger partial charge in [0.1, 0.15) is 23.0 Å². The predicted octanol–water partition coefficient (Wildman–Crippen LogP) is 12.7. The van der Waals surface area contributed by atoms with E-state index in [0.717, 1.165) is 4.31 Å². The fourth-order valence-corrected chi connectivity index (χ4v) is 11.6. The highest BCUT2D eigenvalue weighted by Crippen LogP contribution is 2.70. The molecular weight excluding hydrogens is 912 g/mol. The standard InChI is InChI=1S/C53H58F2NO10PS/c1-50(2,3)65-67(58,66-51(4,5)6)53(54,55)41-25-21-37(22-26-41)35-52(40-19-15-12-16-20-40,49(57)39-17-13-11-14-18-39)36-38-23-29-44(30-24-38)68(59,60)56(45-31-27-42(61-7)33-47(45)63-9)46-32-28-43(62-8)34-48(46)64-10/h11-34H,35-36H2,1-10H3. The Morgan fingerprint density at radius 3 is 1.40 bits per heavy atom. The fraction of sp³-hybridized carbons (Fsp3) is 0.302. The number of hydrogen-bond donors (Lipinski definition) is 0. The van der Waals surface area contributed by atoms with E-state index in [1.165, 1.54) is 106 Å². The van der Waals surface area contributed by atoms with E-state index in [9.17, 15) is 4.57 Å². The number of methoxy groups -OCH3 is 4. The number of hydrogen-bond acceptors (Lipinski definition) is 10. The highest BCUT2D eigenvalue weighted by Gasteiger charge is 2.58. The van der Waals surface area contributed by atoms with Crippen molar-refractivity contribution in [3.63, 3.8) is 0 Å². The largest absolute Gasteiger partial charge is 0.497 e. The third-order valence-electron chi connectivity index (χ3n) is 10.9. The molecule has 15 heteroatoms. The first-order chi connectivity index (χ1) is 32.0. The highest BCUT2D eigenvalue weighted by molar-refractivity contribution is 7.93. The summed E-state index contributed by atoms with van der Waals surface area (Å²) in [5.41, 5.74) is -5.90. The van der Waals surface area contributed by atoms with Crippen LogP contribution < -0.4 is 23.3 Å². The molecule has 6 aromatic rings. The molecule has 0 fully saturated rings. The lowest BCUT2D eigenvalue weighted by atomic mass is 9.67. The number of anilines is 2. The highest BCUT2D eigenvalue weighted by atomic mass is 32.2. The maximum absolute atomic E-state index is 16.5. The summed E-state index contributed by atoms with van der Waals surface area (Å²) in [5, 5.41) is 0. The van der Waals surface area contributed by atoms with E-state index in [1.54, 1.807) is 78.9 Å². The second-order valence-corrected chi connectivity index (χ2v) is 21.8. The minimum atomic E-state index is -5.12. The molecule has 6 rings (SSSR count). The van der Waals surface area contributed by atoms with Gasteiger partial charge in [-0.1, -0.05) is 97.1 Å². The van der Waals surface area contributed by atoms with Crippen molar-refractivity contribution in [2.75, 3.05) is 32.7 Å². The summed E-state index contributed by atoms with van der Waals surface area (Å²) in [6, 6.07) is 39.0. The van der Waals surface area contributed by atoms with Gasteiger partial charge in [0, 0.05) is 23.3 Å². The number of halogens is 2. The van der Waals surface area contributed by atoms with Gasteiger partial charge in [0.05, 0.1) is 61.3 Å². The molecule has 0 aromatic heterocycles. The molecule has 0 radical (unpaired) electrons. The second kappa shape index (κ2) is 20.3.